The van der Waals surface area contributed by atoms with E-state index < -0.39 is 0 Å². The Morgan fingerprint density at radius 3 is 3.00 bits per heavy atom. The van der Waals surface area contributed by atoms with Gasteiger partial charge in [-0.05, 0) is 41.3 Å². The van der Waals surface area contributed by atoms with Gasteiger partial charge < -0.3 is 9.15 Å². The van der Waals surface area contributed by atoms with Crippen molar-refractivity contribution in [2.75, 3.05) is 6.54 Å². The first-order valence-corrected chi connectivity index (χ1v) is 8.54. The normalized spacial score (nSPS) is 14.4. The summed E-state index contributed by atoms with van der Waals surface area (Å²) >= 11 is 0. The van der Waals surface area contributed by atoms with Crippen LogP contribution in [0.2, 0.25) is 0 Å². The van der Waals surface area contributed by atoms with Crippen LogP contribution < -0.4 is 0 Å². The molecule has 5 heteroatoms. The zero-order valence-electron chi connectivity index (χ0n) is 14.1. The number of nitrogens with zero attached hydrogens (tertiary/aromatic N) is 3. The van der Waals surface area contributed by atoms with E-state index in [1.54, 1.807) is 12.5 Å². The molecule has 0 aliphatic carbocycles. The Hall–Kier alpha value is -2.50. The van der Waals surface area contributed by atoms with Gasteiger partial charge in [-0.1, -0.05) is 6.07 Å². The van der Waals surface area contributed by atoms with E-state index in [0.717, 1.165) is 31.7 Å². The zero-order chi connectivity index (χ0) is 16.9. The number of aromatic nitrogens is 2. The van der Waals surface area contributed by atoms with Crippen molar-refractivity contribution in [1.82, 2.24) is 14.9 Å². The van der Waals surface area contributed by atoms with Crippen molar-refractivity contribution in [2.45, 2.75) is 32.7 Å². The number of furan rings is 1. The highest BCUT2D eigenvalue weighted by molar-refractivity contribution is 5.33. The summed E-state index contributed by atoms with van der Waals surface area (Å²) in [6.45, 7) is 3.97. The maximum absolute atomic E-state index is 5.86. The number of hydrogen-bond donors (Lipinski definition) is 0. The van der Waals surface area contributed by atoms with E-state index in [2.05, 4.69) is 14.9 Å². The standard InChI is InChI=1S/C20H21N3O2/c1-2-6-22-19(3-1)15-25-14-18-10-21-9-17-12-23(7-4-20(17)18)11-16-5-8-24-13-16/h1-3,5-6,8-10,13H,4,7,11-12,14-15H2. The molecule has 4 rings (SSSR count). The van der Waals surface area contributed by atoms with Gasteiger partial charge >= 0.3 is 0 Å². The van der Waals surface area contributed by atoms with Gasteiger partial charge in [0, 0.05) is 43.8 Å². The summed E-state index contributed by atoms with van der Waals surface area (Å²) in [4.78, 5) is 11.1. The molecule has 0 amide bonds. The second-order valence-corrected chi connectivity index (χ2v) is 6.34. The highest BCUT2D eigenvalue weighted by Crippen LogP contribution is 2.23. The molecule has 0 saturated heterocycles. The predicted octanol–water partition coefficient (Wildman–Crippen LogP) is 3.34. The van der Waals surface area contributed by atoms with Gasteiger partial charge in [0.1, 0.15) is 0 Å². The summed E-state index contributed by atoms with van der Waals surface area (Å²) in [5.74, 6) is 0. The van der Waals surface area contributed by atoms with Gasteiger partial charge in [0.25, 0.3) is 0 Å². The number of fused-ring (bicyclic) bond motifs is 1. The smallest absolute Gasteiger partial charge is 0.0947 e. The average Bonchev–Trinajstić information content (AvgIpc) is 3.16. The fraction of sp³-hybridized carbons (Fsp3) is 0.300. The Balaban J connectivity index is 1.39. The van der Waals surface area contributed by atoms with Crippen molar-refractivity contribution in [2.24, 2.45) is 0 Å². The Labute approximate surface area is 147 Å². The molecule has 0 N–H and O–H groups in total. The monoisotopic (exact) mass is 335 g/mol. The SMILES string of the molecule is c1ccc(COCc2cncc3c2CCN(Cc2ccoc2)C3)nc1. The summed E-state index contributed by atoms with van der Waals surface area (Å²) in [6.07, 6.45) is 10.3. The van der Waals surface area contributed by atoms with Crippen LogP contribution in [-0.4, -0.2) is 21.4 Å². The average molecular weight is 335 g/mol. The maximum atomic E-state index is 5.86. The molecule has 128 valence electrons. The van der Waals surface area contributed by atoms with Crippen molar-refractivity contribution in [1.29, 1.82) is 0 Å². The van der Waals surface area contributed by atoms with E-state index in [-0.39, 0.29) is 0 Å². The minimum absolute atomic E-state index is 0.525. The predicted molar refractivity (Wildman–Crippen MR) is 93.5 cm³/mol. The third-order valence-electron chi connectivity index (χ3n) is 4.53. The van der Waals surface area contributed by atoms with E-state index in [4.69, 9.17) is 9.15 Å². The minimum Gasteiger partial charge on any atom is -0.472 e. The van der Waals surface area contributed by atoms with Gasteiger partial charge in [0.15, 0.2) is 0 Å². The van der Waals surface area contributed by atoms with Crippen LogP contribution in [0.5, 0.6) is 0 Å². The number of hydrogen-bond acceptors (Lipinski definition) is 5. The summed E-state index contributed by atoms with van der Waals surface area (Å²) in [5, 5.41) is 0. The lowest BCUT2D eigenvalue weighted by molar-refractivity contribution is 0.103. The van der Waals surface area contributed by atoms with Gasteiger partial charge in [-0.2, -0.15) is 0 Å². The molecule has 0 bridgehead atoms. The first-order valence-electron chi connectivity index (χ1n) is 8.54. The molecule has 0 aromatic carbocycles. The van der Waals surface area contributed by atoms with Gasteiger partial charge in [0.2, 0.25) is 0 Å². The highest BCUT2D eigenvalue weighted by atomic mass is 16.5. The third kappa shape index (κ3) is 3.95. The molecule has 0 radical (unpaired) electrons. The second kappa shape index (κ2) is 7.59. The molecule has 25 heavy (non-hydrogen) atoms. The van der Waals surface area contributed by atoms with Crippen molar-refractivity contribution >= 4 is 0 Å². The summed E-state index contributed by atoms with van der Waals surface area (Å²) in [6, 6.07) is 7.89. The second-order valence-electron chi connectivity index (χ2n) is 6.34. The van der Waals surface area contributed by atoms with E-state index in [0.29, 0.717) is 13.2 Å². The number of ether oxygens (including phenoxy) is 1. The van der Waals surface area contributed by atoms with Crippen LogP contribution >= 0.6 is 0 Å². The maximum Gasteiger partial charge on any atom is 0.0947 e. The molecule has 3 aromatic heterocycles. The Morgan fingerprint density at radius 1 is 1.16 bits per heavy atom. The van der Waals surface area contributed by atoms with Gasteiger partial charge in [0.05, 0.1) is 31.4 Å². The summed E-state index contributed by atoms with van der Waals surface area (Å²) in [7, 11) is 0. The van der Waals surface area contributed by atoms with E-state index >= 15 is 0 Å². The molecule has 0 unspecified atom stereocenters. The molecule has 1 aliphatic rings. The van der Waals surface area contributed by atoms with Crippen LogP contribution in [0.25, 0.3) is 0 Å². The van der Waals surface area contributed by atoms with Crippen LogP contribution in [-0.2, 0) is 37.5 Å². The van der Waals surface area contributed by atoms with Crippen molar-refractivity contribution in [3.8, 4) is 0 Å². The Bertz CT molecular complexity index is 803. The van der Waals surface area contributed by atoms with Gasteiger partial charge in [-0.15, -0.1) is 0 Å². The van der Waals surface area contributed by atoms with Crippen molar-refractivity contribution in [3.63, 3.8) is 0 Å². The van der Waals surface area contributed by atoms with E-state index in [1.807, 2.05) is 42.9 Å². The molecule has 0 atom stereocenters. The minimum atomic E-state index is 0.525. The largest absolute Gasteiger partial charge is 0.472 e. The molecular formula is C20H21N3O2. The molecule has 4 heterocycles. The molecule has 0 saturated carbocycles. The molecule has 0 fully saturated rings. The lowest BCUT2D eigenvalue weighted by atomic mass is 9.97. The van der Waals surface area contributed by atoms with E-state index in [9.17, 15) is 0 Å². The molecule has 5 nitrogen and oxygen atoms in total. The lowest BCUT2D eigenvalue weighted by Gasteiger charge is -2.29. The van der Waals surface area contributed by atoms with Gasteiger partial charge in [-0.25, -0.2) is 0 Å². The van der Waals surface area contributed by atoms with Crippen LogP contribution in [0.3, 0.4) is 0 Å². The molecular weight excluding hydrogens is 314 g/mol. The Morgan fingerprint density at radius 2 is 2.16 bits per heavy atom. The van der Waals surface area contributed by atoms with Crippen molar-refractivity contribution in [3.05, 3.63) is 83.3 Å². The van der Waals surface area contributed by atoms with Crippen LogP contribution in [0, 0.1) is 0 Å². The topological polar surface area (TPSA) is 51.4 Å². The highest BCUT2D eigenvalue weighted by Gasteiger charge is 2.19. The molecule has 0 spiro atoms. The van der Waals surface area contributed by atoms with Crippen molar-refractivity contribution < 1.29 is 9.15 Å². The molecule has 3 aromatic rings. The zero-order valence-corrected chi connectivity index (χ0v) is 14.1. The van der Waals surface area contributed by atoms with E-state index in [1.165, 1.54) is 22.3 Å². The first-order chi connectivity index (χ1) is 12.4. The third-order valence-corrected chi connectivity index (χ3v) is 4.53. The van der Waals surface area contributed by atoms with Crippen LogP contribution in [0.4, 0.5) is 0 Å². The fourth-order valence-corrected chi connectivity index (χ4v) is 3.28. The number of pyridine rings is 2. The molecule has 1 aliphatic heterocycles. The summed E-state index contributed by atoms with van der Waals surface area (Å²) in [5.41, 5.74) is 6.04. The fourth-order valence-electron chi connectivity index (χ4n) is 3.28. The van der Waals surface area contributed by atoms with Gasteiger partial charge in [-0.3, -0.25) is 14.9 Å². The Kier molecular flexibility index (Phi) is 4.86. The van der Waals surface area contributed by atoms with Crippen LogP contribution in [0.1, 0.15) is 27.9 Å². The van der Waals surface area contributed by atoms with Crippen LogP contribution in [0.15, 0.2) is 59.8 Å². The summed E-state index contributed by atoms with van der Waals surface area (Å²) < 4.78 is 11.0. The quantitative estimate of drug-likeness (QED) is 0.691. The lowest BCUT2D eigenvalue weighted by Crippen LogP contribution is -2.30. The number of rotatable bonds is 6. The first kappa shape index (κ1) is 16.0.